The molecular formula is C30H38N4O4S. The van der Waals surface area contributed by atoms with Crippen LogP contribution in [0.1, 0.15) is 74.7 Å². The molecule has 0 fully saturated rings. The van der Waals surface area contributed by atoms with E-state index in [9.17, 15) is 13.2 Å². The van der Waals surface area contributed by atoms with Gasteiger partial charge in [0.1, 0.15) is 5.75 Å². The largest absolute Gasteiger partial charge is 0.494 e. The molecule has 0 saturated heterocycles. The summed E-state index contributed by atoms with van der Waals surface area (Å²) in [6.45, 7) is 4.74. The molecule has 0 aromatic heterocycles. The van der Waals surface area contributed by atoms with Crippen LogP contribution in [0.5, 0.6) is 5.75 Å². The van der Waals surface area contributed by atoms with Crippen LogP contribution in [-0.2, 0) is 10.0 Å². The molecule has 0 heterocycles. The maximum atomic E-state index is 12.5. The monoisotopic (exact) mass is 550 g/mol. The van der Waals surface area contributed by atoms with Crippen molar-refractivity contribution < 1.29 is 17.9 Å². The molecule has 0 aliphatic heterocycles. The zero-order chi connectivity index (χ0) is 28.1. The molecule has 208 valence electrons. The Labute approximate surface area is 231 Å². The lowest BCUT2D eigenvalue weighted by molar-refractivity contribution is 0.0955. The number of unbranched alkanes of at least 4 members (excludes halogenated alkanes) is 6. The third-order valence-electron chi connectivity index (χ3n) is 6.20. The zero-order valence-corrected chi connectivity index (χ0v) is 23.5. The van der Waals surface area contributed by atoms with Gasteiger partial charge in [-0.2, -0.15) is 5.10 Å². The lowest BCUT2D eigenvalue weighted by Crippen LogP contribution is -2.19. The number of carbonyl (C=O) groups is 1. The summed E-state index contributed by atoms with van der Waals surface area (Å²) in [5.74, 6) is 0.408. The van der Waals surface area contributed by atoms with Crippen molar-refractivity contribution in [1.29, 1.82) is 0 Å². The van der Waals surface area contributed by atoms with E-state index in [0.717, 1.165) is 17.7 Å². The lowest BCUT2D eigenvalue weighted by Gasteiger charge is -2.09. The highest BCUT2D eigenvalue weighted by Gasteiger charge is 2.14. The number of nitrogens with two attached hydrogens (primary N) is 1. The van der Waals surface area contributed by atoms with E-state index in [4.69, 9.17) is 10.5 Å². The zero-order valence-electron chi connectivity index (χ0n) is 22.7. The first-order valence-corrected chi connectivity index (χ1v) is 14.8. The number of anilines is 2. The van der Waals surface area contributed by atoms with Crippen LogP contribution in [0.4, 0.5) is 11.4 Å². The normalized spacial score (nSPS) is 11.7. The maximum absolute atomic E-state index is 12.5. The van der Waals surface area contributed by atoms with Crippen molar-refractivity contribution in [3.63, 3.8) is 0 Å². The molecule has 8 nitrogen and oxygen atoms in total. The molecule has 0 radical (unpaired) electrons. The lowest BCUT2D eigenvalue weighted by atomic mass is 10.1. The summed E-state index contributed by atoms with van der Waals surface area (Å²) in [5, 5.41) is 4.20. The first kappa shape index (κ1) is 29.7. The second kappa shape index (κ2) is 14.9. The Bertz CT molecular complexity index is 1320. The number of hydrogen-bond acceptors (Lipinski definition) is 6. The fourth-order valence-electron chi connectivity index (χ4n) is 3.86. The molecule has 0 saturated carbocycles. The highest BCUT2D eigenvalue weighted by molar-refractivity contribution is 7.92. The molecule has 0 unspecified atom stereocenters. The Morgan fingerprint density at radius 2 is 1.41 bits per heavy atom. The minimum absolute atomic E-state index is 0.0936. The Hall–Kier alpha value is -3.85. The predicted molar refractivity (Wildman–Crippen MR) is 158 cm³/mol. The van der Waals surface area contributed by atoms with Gasteiger partial charge < -0.3 is 10.5 Å². The molecule has 0 atom stereocenters. The van der Waals surface area contributed by atoms with Gasteiger partial charge in [-0.15, -0.1) is 0 Å². The highest BCUT2D eigenvalue weighted by atomic mass is 32.2. The number of rotatable bonds is 15. The summed E-state index contributed by atoms with van der Waals surface area (Å²) in [6, 6.07) is 19.6. The van der Waals surface area contributed by atoms with Crippen molar-refractivity contribution in [2.24, 2.45) is 5.10 Å². The minimum atomic E-state index is -3.77. The molecule has 0 spiro atoms. The van der Waals surface area contributed by atoms with Gasteiger partial charge >= 0.3 is 0 Å². The summed E-state index contributed by atoms with van der Waals surface area (Å²) in [6.07, 6.45) is 8.71. The second-order valence-corrected chi connectivity index (χ2v) is 11.1. The van der Waals surface area contributed by atoms with E-state index in [1.807, 2.05) is 31.2 Å². The van der Waals surface area contributed by atoms with Crippen molar-refractivity contribution in [3.8, 4) is 5.75 Å². The number of nitrogens with one attached hydrogen (secondary N) is 2. The van der Waals surface area contributed by atoms with Crippen molar-refractivity contribution >= 4 is 33.0 Å². The molecule has 1 amide bonds. The second-order valence-electron chi connectivity index (χ2n) is 9.38. The smallest absolute Gasteiger partial charge is 0.271 e. The van der Waals surface area contributed by atoms with E-state index in [0.29, 0.717) is 29.3 Å². The average Bonchev–Trinajstić information content (AvgIpc) is 2.94. The van der Waals surface area contributed by atoms with Crippen molar-refractivity contribution in [1.82, 2.24) is 5.43 Å². The molecule has 0 bridgehead atoms. The topological polar surface area (TPSA) is 123 Å². The van der Waals surface area contributed by atoms with E-state index >= 15 is 0 Å². The first-order valence-electron chi connectivity index (χ1n) is 13.3. The van der Waals surface area contributed by atoms with Gasteiger partial charge in [0.05, 0.1) is 17.2 Å². The molecule has 9 heteroatoms. The van der Waals surface area contributed by atoms with Crippen molar-refractivity contribution in [3.05, 3.63) is 83.9 Å². The predicted octanol–water partition coefficient (Wildman–Crippen LogP) is 6.35. The van der Waals surface area contributed by atoms with Crippen LogP contribution in [0.2, 0.25) is 0 Å². The Morgan fingerprint density at radius 3 is 2.05 bits per heavy atom. The molecule has 0 aliphatic carbocycles. The van der Waals surface area contributed by atoms with Crippen LogP contribution in [0.3, 0.4) is 0 Å². The molecule has 3 rings (SSSR count). The van der Waals surface area contributed by atoms with Gasteiger partial charge in [0.2, 0.25) is 0 Å². The summed E-state index contributed by atoms with van der Waals surface area (Å²) >= 11 is 0. The molecule has 3 aromatic rings. The third kappa shape index (κ3) is 9.76. The molecule has 39 heavy (non-hydrogen) atoms. The number of nitrogen functional groups attached to an aromatic ring is 1. The third-order valence-corrected chi connectivity index (χ3v) is 7.60. The Morgan fingerprint density at radius 1 is 0.821 bits per heavy atom. The number of benzene rings is 3. The van der Waals surface area contributed by atoms with Gasteiger partial charge in [0, 0.05) is 16.9 Å². The Kier molecular flexibility index (Phi) is 11.4. The molecular weight excluding hydrogens is 512 g/mol. The van der Waals surface area contributed by atoms with E-state index < -0.39 is 15.9 Å². The van der Waals surface area contributed by atoms with Crippen molar-refractivity contribution in [2.75, 3.05) is 17.1 Å². The average molecular weight is 551 g/mol. The first-order chi connectivity index (χ1) is 18.8. The van der Waals surface area contributed by atoms with E-state index in [1.165, 1.54) is 87.1 Å². The number of sulfonamides is 1. The fourth-order valence-corrected chi connectivity index (χ4v) is 4.91. The van der Waals surface area contributed by atoms with Crippen LogP contribution in [0.15, 0.2) is 82.8 Å². The van der Waals surface area contributed by atoms with Gasteiger partial charge in [-0.25, -0.2) is 13.8 Å². The van der Waals surface area contributed by atoms with E-state index in [2.05, 4.69) is 22.2 Å². The van der Waals surface area contributed by atoms with Gasteiger partial charge in [0.15, 0.2) is 0 Å². The van der Waals surface area contributed by atoms with E-state index in [-0.39, 0.29) is 4.90 Å². The number of hydrazone groups is 1. The SMILES string of the molecule is CCCCCCCCCOc1ccc(/C(C)=N/NC(=O)c2ccc(NS(=O)(=O)c3ccc(N)cc3)cc2)cc1. The molecule has 4 N–H and O–H groups in total. The van der Waals surface area contributed by atoms with Crippen LogP contribution in [0.25, 0.3) is 0 Å². The van der Waals surface area contributed by atoms with Crippen molar-refractivity contribution in [2.45, 2.75) is 63.7 Å². The minimum Gasteiger partial charge on any atom is -0.494 e. The Balaban J connectivity index is 1.46. The van der Waals surface area contributed by atoms with Gasteiger partial charge in [-0.3, -0.25) is 9.52 Å². The molecule has 3 aromatic carbocycles. The summed E-state index contributed by atoms with van der Waals surface area (Å²) in [7, 11) is -3.77. The number of nitrogens with zero attached hydrogens (tertiary/aromatic N) is 1. The van der Waals surface area contributed by atoms with Crippen LogP contribution in [-0.4, -0.2) is 26.6 Å². The standard InChI is InChI=1S/C30H38N4O4S/c1-3-4-5-6-7-8-9-22-38-28-18-12-24(13-19-28)23(2)32-33-30(35)25-10-16-27(17-11-25)34-39(36,37)29-20-14-26(31)15-21-29/h10-21,34H,3-9,22,31H2,1-2H3,(H,33,35)/b32-23+. The number of amides is 1. The van der Waals surface area contributed by atoms with Crippen LogP contribution >= 0.6 is 0 Å². The van der Waals surface area contributed by atoms with E-state index in [1.54, 1.807) is 0 Å². The molecule has 0 aliphatic rings. The number of ether oxygens (including phenoxy) is 1. The number of carbonyl (C=O) groups excluding carboxylic acids is 1. The summed E-state index contributed by atoms with van der Waals surface area (Å²) < 4.78 is 33.4. The quantitative estimate of drug-likeness (QED) is 0.0880. The number of hydrogen-bond donors (Lipinski definition) is 3. The summed E-state index contributed by atoms with van der Waals surface area (Å²) in [4.78, 5) is 12.6. The van der Waals surface area contributed by atoms with Gasteiger partial charge in [-0.05, 0) is 91.7 Å². The summed E-state index contributed by atoms with van der Waals surface area (Å²) in [5.41, 5.74) is 10.8. The van der Waals surface area contributed by atoms with Crippen LogP contribution < -0.4 is 20.6 Å². The van der Waals surface area contributed by atoms with Gasteiger partial charge in [-0.1, -0.05) is 45.4 Å². The highest BCUT2D eigenvalue weighted by Crippen LogP contribution is 2.18. The van der Waals surface area contributed by atoms with Crippen LogP contribution in [0, 0.1) is 0 Å². The van der Waals surface area contributed by atoms with Gasteiger partial charge in [0.25, 0.3) is 15.9 Å². The maximum Gasteiger partial charge on any atom is 0.271 e. The fraction of sp³-hybridized carbons (Fsp3) is 0.333.